The number of amides is 1. The summed E-state index contributed by atoms with van der Waals surface area (Å²) in [6, 6.07) is 8.27. The highest BCUT2D eigenvalue weighted by molar-refractivity contribution is 6.30. The lowest BCUT2D eigenvalue weighted by molar-refractivity contribution is -0.137. The lowest BCUT2D eigenvalue weighted by Gasteiger charge is -2.53. The molecule has 1 aliphatic heterocycles. The van der Waals surface area contributed by atoms with Gasteiger partial charge in [0.1, 0.15) is 0 Å². The fourth-order valence-electron chi connectivity index (χ4n) is 6.20. The van der Waals surface area contributed by atoms with E-state index in [2.05, 4.69) is 31.3 Å². The molecule has 2 saturated carbocycles. The van der Waals surface area contributed by atoms with Crippen molar-refractivity contribution in [2.45, 2.75) is 51.7 Å². The second kappa shape index (κ2) is 7.06. The minimum atomic E-state index is 0.0930. The van der Waals surface area contributed by atoms with Crippen LogP contribution in [-0.2, 0) is 14.3 Å². The Bertz CT molecular complexity index is 704. The van der Waals surface area contributed by atoms with Gasteiger partial charge in [-0.05, 0) is 59.6 Å². The van der Waals surface area contributed by atoms with Gasteiger partial charge in [-0.15, -0.1) is 0 Å². The van der Waals surface area contributed by atoms with E-state index in [4.69, 9.17) is 21.1 Å². The highest BCUT2D eigenvalue weighted by atomic mass is 35.5. The zero-order valence-corrected chi connectivity index (χ0v) is 17.2. The molecule has 1 unspecified atom stereocenters. The molecule has 148 valence electrons. The molecular formula is C22H30ClNO3. The molecule has 5 atom stereocenters. The molecular weight excluding hydrogens is 362 g/mol. The molecule has 2 bridgehead atoms. The van der Waals surface area contributed by atoms with E-state index in [0.29, 0.717) is 24.9 Å². The fraction of sp³-hybridized carbons (Fsp3) is 0.682. The van der Waals surface area contributed by atoms with Gasteiger partial charge in [-0.1, -0.05) is 37.6 Å². The highest BCUT2D eigenvalue weighted by Gasteiger charge is 2.68. The molecule has 1 saturated heterocycles. The minimum absolute atomic E-state index is 0.0930. The van der Waals surface area contributed by atoms with Gasteiger partial charge in [0, 0.05) is 31.2 Å². The van der Waals surface area contributed by atoms with Gasteiger partial charge in [0.2, 0.25) is 5.91 Å². The summed E-state index contributed by atoms with van der Waals surface area (Å²) in [5, 5.41) is 4.16. The fourth-order valence-corrected chi connectivity index (χ4v) is 6.32. The number of hydrogen-bond donors (Lipinski definition) is 1. The first-order chi connectivity index (χ1) is 12.9. The van der Waals surface area contributed by atoms with Crippen LogP contribution in [0.5, 0.6) is 0 Å². The first-order valence-electron chi connectivity index (χ1n) is 10.0. The van der Waals surface area contributed by atoms with Gasteiger partial charge < -0.3 is 14.8 Å². The standard InChI is InChI=1S/C22H30ClNO3/c1-21(2)15-12-17-19(14-4-6-16(23)7-5-14)27-11-9-22(17,13-15)20(21)24-18(25)8-10-26-3/h4-7,15,17,19-20H,8-13H2,1-3H3,(H,24,25)/t15-,17-,19-,20+,22?/m1/s1. The third-order valence-corrected chi connectivity index (χ3v) is 7.79. The van der Waals surface area contributed by atoms with Crippen molar-refractivity contribution in [3.05, 3.63) is 34.9 Å². The molecule has 3 fully saturated rings. The van der Waals surface area contributed by atoms with Crippen LogP contribution in [0.15, 0.2) is 24.3 Å². The van der Waals surface area contributed by atoms with Crippen molar-refractivity contribution in [1.82, 2.24) is 5.32 Å². The van der Waals surface area contributed by atoms with Crippen LogP contribution in [0, 0.1) is 22.7 Å². The van der Waals surface area contributed by atoms with Crippen LogP contribution in [0.25, 0.3) is 0 Å². The first-order valence-corrected chi connectivity index (χ1v) is 10.4. The van der Waals surface area contributed by atoms with Crippen LogP contribution >= 0.6 is 11.6 Å². The summed E-state index contributed by atoms with van der Waals surface area (Å²) in [6.07, 6.45) is 3.90. The number of halogens is 1. The van der Waals surface area contributed by atoms with Crippen molar-refractivity contribution in [2.75, 3.05) is 20.3 Å². The predicted octanol–water partition coefficient (Wildman–Crippen LogP) is 4.38. The van der Waals surface area contributed by atoms with Gasteiger partial charge in [-0.3, -0.25) is 4.79 Å². The number of ether oxygens (including phenoxy) is 2. The van der Waals surface area contributed by atoms with Crippen LogP contribution in [-0.4, -0.2) is 32.3 Å². The third kappa shape index (κ3) is 3.10. The molecule has 3 aliphatic rings. The topological polar surface area (TPSA) is 47.6 Å². The van der Waals surface area contributed by atoms with Gasteiger partial charge in [-0.2, -0.15) is 0 Å². The van der Waals surface area contributed by atoms with Gasteiger partial charge in [0.15, 0.2) is 0 Å². The molecule has 2 aliphatic carbocycles. The summed E-state index contributed by atoms with van der Waals surface area (Å²) >= 11 is 6.08. The van der Waals surface area contributed by atoms with E-state index >= 15 is 0 Å². The lowest BCUT2D eigenvalue weighted by Crippen LogP contribution is -2.59. The number of fused-ring (bicyclic) bond motifs is 1. The zero-order chi connectivity index (χ0) is 19.2. The number of methoxy groups -OCH3 is 1. The number of hydrogen-bond acceptors (Lipinski definition) is 3. The summed E-state index contributed by atoms with van der Waals surface area (Å²) < 4.78 is 11.4. The lowest BCUT2D eigenvalue weighted by atomic mass is 9.59. The Balaban J connectivity index is 1.62. The van der Waals surface area contributed by atoms with Crippen LogP contribution < -0.4 is 5.32 Å². The van der Waals surface area contributed by atoms with Crippen LogP contribution in [0.4, 0.5) is 0 Å². The van der Waals surface area contributed by atoms with E-state index in [0.717, 1.165) is 18.1 Å². The summed E-state index contributed by atoms with van der Waals surface area (Å²) in [7, 11) is 1.64. The normalized spacial score (nSPS) is 36.4. The molecule has 27 heavy (non-hydrogen) atoms. The van der Waals surface area contributed by atoms with E-state index in [1.807, 2.05) is 12.1 Å². The van der Waals surface area contributed by atoms with Gasteiger partial charge in [-0.25, -0.2) is 0 Å². The molecule has 4 rings (SSSR count). The molecule has 1 aromatic carbocycles. The second-order valence-corrected chi connectivity index (χ2v) is 9.57. The van der Waals surface area contributed by atoms with Crippen molar-refractivity contribution < 1.29 is 14.3 Å². The summed E-state index contributed by atoms with van der Waals surface area (Å²) in [5.41, 5.74) is 1.44. The largest absolute Gasteiger partial charge is 0.384 e. The van der Waals surface area contributed by atoms with E-state index in [9.17, 15) is 4.79 Å². The first kappa shape index (κ1) is 19.2. The van der Waals surface area contributed by atoms with Gasteiger partial charge >= 0.3 is 0 Å². The third-order valence-electron chi connectivity index (χ3n) is 7.54. The monoisotopic (exact) mass is 391 g/mol. The maximum Gasteiger partial charge on any atom is 0.222 e. The molecule has 1 heterocycles. The molecule has 0 aromatic heterocycles. The van der Waals surface area contributed by atoms with Crippen molar-refractivity contribution in [1.29, 1.82) is 0 Å². The molecule has 1 N–H and O–H groups in total. The van der Waals surface area contributed by atoms with Gasteiger partial charge in [0.05, 0.1) is 12.7 Å². The Hall–Kier alpha value is -1.10. The Morgan fingerprint density at radius 3 is 2.78 bits per heavy atom. The van der Waals surface area contributed by atoms with E-state index in [1.165, 1.54) is 18.4 Å². The van der Waals surface area contributed by atoms with E-state index < -0.39 is 0 Å². The predicted molar refractivity (Wildman–Crippen MR) is 106 cm³/mol. The summed E-state index contributed by atoms with van der Waals surface area (Å²) in [5.74, 6) is 1.16. The number of carbonyl (C=O) groups excluding carboxylic acids is 1. The molecule has 1 amide bonds. The molecule has 0 radical (unpaired) electrons. The molecule has 5 heteroatoms. The average molecular weight is 392 g/mol. The maximum atomic E-state index is 12.5. The van der Waals surface area contributed by atoms with Crippen molar-refractivity contribution in [3.63, 3.8) is 0 Å². The molecule has 4 nitrogen and oxygen atoms in total. The molecule has 1 spiro atoms. The van der Waals surface area contributed by atoms with E-state index in [1.54, 1.807) is 7.11 Å². The average Bonchev–Trinajstić information content (AvgIpc) is 3.13. The van der Waals surface area contributed by atoms with E-state index in [-0.39, 0.29) is 28.9 Å². The Kier molecular flexibility index (Phi) is 5.02. The minimum Gasteiger partial charge on any atom is -0.384 e. The van der Waals surface area contributed by atoms with Gasteiger partial charge in [0.25, 0.3) is 0 Å². The summed E-state index contributed by atoms with van der Waals surface area (Å²) in [6.45, 7) is 5.87. The zero-order valence-electron chi connectivity index (χ0n) is 16.5. The number of benzene rings is 1. The Labute approximate surface area is 166 Å². The number of carbonyl (C=O) groups is 1. The highest BCUT2D eigenvalue weighted by Crippen LogP contribution is 2.70. The summed E-state index contributed by atoms with van der Waals surface area (Å²) in [4.78, 5) is 12.5. The van der Waals surface area contributed by atoms with Crippen molar-refractivity contribution in [2.24, 2.45) is 22.7 Å². The Morgan fingerprint density at radius 2 is 2.07 bits per heavy atom. The SMILES string of the molecule is COCCC(=O)N[C@H]1C(C)(C)[C@@H]2C[C@@H]3[C@@H](c4ccc(Cl)cc4)OCCC31C2. The quantitative estimate of drug-likeness (QED) is 0.810. The second-order valence-electron chi connectivity index (χ2n) is 9.13. The Morgan fingerprint density at radius 1 is 1.33 bits per heavy atom. The van der Waals surface area contributed by atoms with Crippen LogP contribution in [0.1, 0.15) is 51.2 Å². The molecule has 1 aromatic rings. The van der Waals surface area contributed by atoms with Crippen molar-refractivity contribution >= 4 is 17.5 Å². The van der Waals surface area contributed by atoms with Crippen LogP contribution in [0.2, 0.25) is 5.02 Å². The maximum absolute atomic E-state index is 12.5. The smallest absolute Gasteiger partial charge is 0.222 e. The number of rotatable bonds is 5. The van der Waals surface area contributed by atoms with Crippen molar-refractivity contribution in [3.8, 4) is 0 Å². The number of nitrogens with one attached hydrogen (secondary N) is 1. The van der Waals surface area contributed by atoms with Crippen LogP contribution in [0.3, 0.4) is 0 Å².